The second-order valence-corrected chi connectivity index (χ2v) is 5.74. The number of carbonyl (C=O) groups excluding carboxylic acids is 1. The summed E-state index contributed by atoms with van der Waals surface area (Å²) in [6.07, 6.45) is 0. The van der Waals surface area contributed by atoms with Gasteiger partial charge in [-0.2, -0.15) is 0 Å². The van der Waals surface area contributed by atoms with Gasteiger partial charge in [-0.15, -0.1) is 0 Å². The molecule has 1 aliphatic rings. The number of nitrogens with two attached hydrogens (primary N) is 1. The Morgan fingerprint density at radius 1 is 1.33 bits per heavy atom. The number of carbonyl (C=O) groups is 1. The van der Waals surface area contributed by atoms with Crippen molar-refractivity contribution in [2.45, 2.75) is 0 Å². The third-order valence-corrected chi connectivity index (χ3v) is 3.78. The van der Waals surface area contributed by atoms with Crippen LogP contribution in [0.15, 0.2) is 12.1 Å². The zero-order valence-corrected chi connectivity index (χ0v) is 13.3. The molecule has 0 spiro atoms. The standard InChI is InChI=1S/C14H22ClN5O/c1-18(2)13-10-11(9-12(15)17-13)14(21)20-7-5-19(4-3-16)6-8-20/h9-10H,3-8,16H2,1-2H3. The molecule has 1 fully saturated rings. The molecule has 0 aliphatic carbocycles. The molecule has 1 aromatic heterocycles. The van der Waals surface area contributed by atoms with Crippen molar-refractivity contribution in [3.8, 4) is 0 Å². The minimum absolute atomic E-state index is 0.00907. The fourth-order valence-electron chi connectivity index (χ4n) is 2.38. The second kappa shape index (κ2) is 7.06. The van der Waals surface area contributed by atoms with Gasteiger partial charge >= 0.3 is 0 Å². The van der Waals surface area contributed by atoms with Crippen LogP contribution >= 0.6 is 11.6 Å². The van der Waals surface area contributed by atoms with E-state index in [9.17, 15) is 4.79 Å². The van der Waals surface area contributed by atoms with Crippen LogP contribution in [-0.2, 0) is 0 Å². The molecule has 0 aromatic carbocycles. The zero-order valence-electron chi connectivity index (χ0n) is 12.5. The van der Waals surface area contributed by atoms with Crippen molar-refractivity contribution < 1.29 is 4.79 Å². The lowest BCUT2D eigenvalue weighted by molar-refractivity contribution is 0.0641. The second-order valence-electron chi connectivity index (χ2n) is 5.35. The minimum atomic E-state index is 0.00907. The first-order chi connectivity index (χ1) is 10.0. The molecule has 6 nitrogen and oxygen atoms in total. The highest BCUT2D eigenvalue weighted by atomic mass is 35.5. The largest absolute Gasteiger partial charge is 0.363 e. The number of halogens is 1. The van der Waals surface area contributed by atoms with E-state index in [2.05, 4.69) is 9.88 Å². The predicted octanol–water partition coefficient (Wildman–Crippen LogP) is 0.518. The molecule has 21 heavy (non-hydrogen) atoms. The molecule has 2 heterocycles. The maximum atomic E-state index is 12.6. The monoisotopic (exact) mass is 311 g/mol. The highest BCUT2D eigenvalue weighted by Gasteiger charge is 2.22. The van der Waals surface area contributed by atoms with E-state index in [1.165, 1.54) is 0 Å². The Hall–Kier alpha value is -1.37. The summed E-state index contributed by atoms with van der Waals surface area (Å²) in [7, 11) is 3.75. The van der Waals surface area contributed by atoms with Gasteiger partial charge in [-0.25, -0.2) is 4.98 Å². The van der Waals surface area contributed by atoms with Crippen molar-refractivity contribution in [2.75, 3.05) is 58.3 Å². The SMILES string of the molecule is CN(C)c1cc(C(=O)N2CCN(CCN)CC2)cc(Cl)n1. The van der Waals surface area contributed by atoms with Crippen molar-refractivity contribution in [1.82, 2.24) is 14.8 Å². The molecule has 0 atom stereocenters. The molecule has 0 saturated carbocycles. The van der Waals surface area contributed by atoms with Crippen LogP contribution < -0.4 is 10.6 Å². The highest BCUT2D eigenvalue weighted by Crippen LogP contribution is 2.18. The first kappa shape index (κ1) is 16.0. The summed E-state index contributed by atoms with van der Waals surface area (Å²) < 4.78 is 0. The lowest BCUT2D eigenvalue weighted by atomic mass is 10.2. The Morgan fingerprint density at radius 3 is 2.57 bits per heavy atom. The Morgan fingerprint density at radius 2 is 2.00 bits per heavy atom. The van der Waals surface area contributed by atoms with E-state index in [0.29, 0.717) is 23.1 Å². The highest BCUT2D eigenvalue weighted by molar-refractivity contribution is 6.29. The van der Waals surface area contributed by atoms with Crippen LogP contribution in [0, 0.1) is 0 Å². The Kier molecular flexibility index (Phi) is 5.39. The van der Waals surface area contributed by atoms with Gasteiger partial charge in [0.25, 0.3) is 5.91 Å². The Labute approximate surface area is 130 Å². The van der Waals surface area contributed by atoms with E-state index in [1.807, 2.05) is 23.9 Å². The molecule has 1 aliphatic heterocycles. The van der Waals surface area contributed by atoms with Crippen molar-refractivity contribution in [1.29, 1.82) is 0 Å². The van der Waals surface area contributed by atoms with Gasteiger partial charge in [0.1, 0.15) is 11.0 Å². The van der Waals surface area contributed by atoms with E-state index in [-0.39, 0.29) is 5.91 Å². The molecule has 1 saturated heterocycles. The van der Waals surface area contributed by atoms with Crippen molar-refractivity contribution in [3.05, 3.63) is 22.8 Å². The van der Waals surface area contributed by atoms with Gasteiger partial charge in [0, 0.05) is 58.9 Å². The number of amides is 1. The molecule has 2 N–H and O–H groups in total. The fraction of sp³-hybridized carbons (Fsp3) is 0.571. The number of piperazine rings is 1. The van der Waals surface area contributed by atoms with Gasteiger partial charge in [0.15, 0.2) is 0 Å². The first-order valence-electron chi connectivity index (χ1n) is 7.08. The van der Waals surface area contributed by atoms with Crippen LogP contribution in [0.3, 0.4) is 0 Å². The average Bonchev–Trinajstić information content (AvgIpc) is 2.47. The number of anilines is 1. The summed E-state index contributed by atoms with van der Waals surface area (Å²) >= 11 is 6.01. The number of nitrogens with zero attached hydrogens (tertiary/aromatic N) is 4. The topological polar surface area (TPSA) is 65.7 Å². The normalized spacial score (nSPS) is 16.1. The lowest BCUT2D eigenvalue weighted by Gasteiger charge is -2.34. The van der Waals surface area contributed by atoms with E-state index in [0.717, 1.165) is 32.7 Å². The summed E-state index contributed by atoms with van der Waals surface area (Å²) in [6.45, 7) is 4.70. The molecular formula is C14H22ClN5O. The predicted molar refractivity (Wildman–Crippen MR) is 85.0 cm³/mol. The molecule has 0 unspecified atom stereocenters. The fourth-order valence-corrected chi connectivity index (χ4v) is 2.58. The maximum absolute atomic E-state index is 12.6. The van der Waals surface area contributed by atoms with Crippen LogP contribution in [0.4, 0.5) is 5.82 Å². The molecular weight excluding hydrogens is 290 g/mol. The molecule has 7 heteroatoms. The van der Waals surface area contributed by atoms with Gasteiger partial charge in [0.05, 0.1) is 0 Å². The van der Waals surface area contributed by atoms with Gasteiger partial charge in [-0.05, 0) is 12.1 Å². The van der Waals surface area contributed by atoms with Crippen molar-refractivity contribution in [2.24, 2.45) is 5.73 Å². The molecule has 0 bridgehead atoms. The summed E-state index contributed by atoms with van der Waals surface area (Å²) in [6, 6.07) is 3.41. The maximum Gasteiger partial charge on any atom is 0.254 e. The number of aromatic nitrogens is 1. The summed E-state index contributed by atoms with van der Waals surface area (Å²) in [5.41, 5.74) is 6.15. The third kappa shape index (κ3) is 4.06. The van der Waals surface area contributed by atoms with Crippen LogP contribution in [0.5, 0.6) is 0 Å². The van der Waals surface area contributed by atoms with Crippen LogP contribution in [0.25, 0.3) is 0 Å². The van der Waals surface area contributed by atoms with Crippen LogP contribution in [0.2, 0.25) is 5.15 Å². The molecule has 116 valence electrons. The summed E-state index contributed by atoms with van der Waals surface area (Å²) in [4.78, 5) is 22.7. The average molecular weight is 312 g/mol. The quantitative estimate of drug-likeness (QED) is 0.821. The molecule has 0 radical (unpaired) electrons. The number of pyridine rings is 1. The van der Waals surface area contributed by atoms with E-state index < -0.39 is 0 Å². The van der Waals surface area contributed by atoms with Gasteiger partial charge in [-0.1, -0.05) is 11.6 Å². The number of hydrogen-bond donors (Lipinski definition) is 1. The van der Waals surface area contributed by atoms with Gasteiger partial charge in [-0.3, -0.25) is 9.69 Å². The summed E-state index contributed by atoms with van der Waals surface area (Å²) in [5.74, 6) is 0.697. The summed E-state index contributed by atoms with van der Waals surface area (Å²) in [5, 5.41) is 0.339. The molecule has 1 amide bonds. The van der Waals surface area contributed by atoms with Crippen LogP contribution in [0.1, 0.15) is 10.4 Å². The van der Waals surface area contributed by atoms with E-state index in [1.54, 1.807) is 12.1 Å². The van der Waals surface area contributed by atoms with Crippen LogP contribution in [-0.4, -0.2) is 74.1 Å². The third-order valence-electron chi connectivity index (χ3n) is 3.59. The van der Waals surface area contributed by atoms with E-state index >= 15 is 0 Å². The van der Waals surface area contributed by atoms with Gasteiger partial charge < -0.3 is 15.5 Å². The van der Waals surface area contributed by atoms with E-state index in [4.69, 9.17) is 17.3 Å². The number of hydrogen-bond acceptors (Lipinski definition) is 5. The first-order valence-corrected chi connectivity index (χ1v) is 7.45. The van der Waals surface area contributed by atoms with Crippen molar-refractivity contribution in [3.63, 3.8) is 0 Å². The Balaban J connectivity index is 2.07. The van der Waals surface area contributed by atoms with Crippen molar-refractivity contribution >= 4 is 23.3 Å². The van der Waals surface area contributed by atoms with Gasteiger partial charge in [0.2, 0.25) is 0 Å². The smallest absolute Gasteiger partial charge is 0.254 e. The number of rotatable bonds is 4. The lowest BCUT2D eigenvalue weighted by Crippen LogP contribution is -2.49. The Bertz CT molecular complexity index is 500. The molecule has 2 rings (SSSR count). The molecule has 1 aromatic rings. The zero-order chi connectivity index (χ0) is 15.4. The minimum Gasteiger partial charge on any atom is -0.363 e.